The van der Waals surface area contributed by atoms with E-state index in [1.807, 2.05) is 30.3 Å². The van der Waals surface area contributed by atoms with Crippen molar-refractivity contribution < 1.29 is 9.59 Å². The predicted molar refractivity (Wildman–Crippen MR) is 59.4 cm³/mol. The Balaban J connectivity index is 1.82. The molecule has 1 aliphatic heterocycles. The number of hydrogen-bond acceptors (Lipinski definition) is 3. The fourth-order valence-corrected chi connectivity index (χ4v) is 1.55. The topological polar surface area (TPSA) is 70.2 Å². The van der Waals surface area contributed by atoms with Crippen LogP contribution in [-0.2, 0) is 9.59 Å². The summed E-state index contributed by atoms with van der Waals surface area (Å²) in [7, 11) is 0. The van der Waals surface area contributed by atoms with Crippen LogP contribution in [0.2, 0.25) is 0 Å². The van der Waals surface area contributed by atoms with Gasteiger partial charge in [0.1, 0.15) is 6.04 Å². The van der Waals surface area contributed by atoms with Crippen molar-refractivity contribution >= 4 is 17.5 Å². The summed E-state index contributed by atoms with van der Waals surface area (Å²) in [4.78, 5) is 22.5. The van der Waals surface area contributed by atoms with Gasteiger partial charge in [-0.1, -0.05) is 18.2 Å². The Bertz CT molecular complexity index is 391. The molecule has 2 rings (SSSR count). The molecule has 5 heteroatoms. The Hall–Kier alpha value is -2.04. The molecule has 0 aromatic heterocycles. The summed E-state index contributed by atoms with van der Waals surface area (Å²) in [5.74, 6) is -0.283. The second-order valence-corrected chi connectivity index (χ2v) is 3.64. The number of hydrogen-bond donors (Lipinski definition) is 3. The van der Waals surface area contributed by atoms with Gasteiger partial charge in [0.15, 0.2) is 0 Å². The van der Waals surface area contributed by atoms with Crippen LogP contribution in [0.5, 0.6) is 0 Å². The number of benzene rings is 1. The Morgan fingerprint density at radius 2 is 2.06 bits per heavy atom. The summed E-state index contributed by atoms with van der Waals surface area (Å²) in [6.07, 6.45) is 0.977. The van der Waals surface area contributed by atoms with E-state index >= 15 is 0 Å². The minimum Gasteiger partial charge on any atom is -0.344 e. The van der Waals surface area contributed by atoms with Crippen molar-refractivity contribution in [2.24, 2.45) is 0 Å². The number of nitrogens with one attached hydrogen (secondary N) is 3. The molecule has 0 radical (unpaired) electrons. The zero-order valence-electron chi connectivity index (χ0n) is 8.69. The molecule has 0 saturated carbocycles. The van der Waals surface area contributed by atoms with Gasteiger partial charge in [-0.25, -0.2) is 0 Å². The van der Waals surface area contributed by atoms with Crippen molar-refractivity contribution in [3.05, 3.63) is 30.3 Å². The van der Waals surface area contributed by atoms with Gasteiger partial charge >= 0.3 is 0 Å². The largest absolute Gasteiger partial charge is 0.344 e. The number of amides is 2. The van der Waals surface area contributed by atoms with Crippen molar-refractivity contribution in [2.45, 2.75) is 18.9 Å². The van der Waals surface area contributed by atoms with E-state index in [4.69, 9.17) is 0 Å². The van der Waals surface area contributed by atoms with Crippen LogP contribution in [0.1, 0.15) is 12.8 Å². The number of carbonyl (C=O) groups is 2. The minimum atomic E-state index is -0.413. The molecule has 3 N–H and O–H groups in total. The van der Waals surface area contributed by atoms with Crippen LogP contribution in [0.15, 0.2) is 30.3 Å². The normalized spacial score (nSPS) is 19.0. The third kappa shape index (κ3) is 2.50. The Morgan fingerprint density at radius 1 is 1.31 bits per heavy atom. The molecule has 1 fully saturated rings. The van der Waals surface area contributed by atoms with Crippen LogP contribution in [0.25, 0.3) is 0 Å². The standard InChI is InChI=1S/C11H13N3O2/c15-10-7-6-9(12-10)11(16)14-13-8-4-2-1-3-5-8/h1-5,9,13H,6-7H2,(H,12,15)(H,14,16). The maximum absolute atomic E-state index is 11.6. The molecule has 1 aliphatic rings. The van der Waals surface area contributed by atoms with Crippen molar-refractivity contribution in [3.63, 3.8) is 0 Å². The third-order valence-corrected chi connectivity index (χ3v) is 2.42. The van der Waals surface area contributed by atoms with E-state index < -0.39 is 6.04 Å². The second-order valence-electron chi connectivity index (χ2n) is 3.64. The van der Waals surface area contributed by atoms with Gasteiger partial charge in [-0.2, -0.15) is 0 Å². The highest BCUT2D eigenvalue weighted by atomic mass is 16.2. The molecule has 0 spiro atoms. The Morgan fingerprint density at radius 3 is 2.69 bits per heavy atom. The van der Waals surface area contributed by atoms with Crippen LogP contribution >= 0.6 is 0 Å². The van der Waals surface area contributed by atoms with E-state index in [9.17, 15) is 9.59 Å². The van der Waals surface area contributed by atoms with Gasteiger partial charge in [-0.3, -0.25) is 20.4 Å². The lowest BCUT2D eigenvalue weighted by Gasteiger charge is -2.12. The molecular formula is C11H13N3O2. The van der Waals surface area contributed by atoms with Crippen LogP contribution < -0.4 is 16.2 Å². The fourth-order valence-electron chi connectivity index (χ4n) is 1.55. The number of hydrazine groups is 1. The summed E-state index contributed by atoms with van der Waals surface area (Å²) in [6.45, 7) is 0. The summed E-state index contributed by atoms with van der Waals surface area (Å²) in [5.41, 5.74) is 6.15. The van der Waals surface area contributed by atoms with Crippen LogP contribution in [-0.4, -0.2) is 17.9 Å². The molecule has 84 valence electrons. The lowest BCUT2D eigenvalue weighted by atomic mass is 10.2. The van der Waals surface area contributed by atoms with Gasteiger partial charge in [0.05, 0.1) is 5.69 Å². The lowest BCUT2D eigenvalue weighted by Crippen LogP contribution is -2.43. The molecule has 1 unspecified atom stereocenters. The number of rotatable bonds is 3. The molecule has 1 aromatic carbocycles. The van der Waals surface area contributed by atoms with Gasteiger partial charge in [-0.05, 0) is 18.6 Å². The maximum Gasteiger partial charge on any atom is 0.260 e. The quantitative estimate of drug-likeness (QED) is 0.645. The molecule has 2 amide bonds. The number of anilines is 1. The Labute approximate surface area is 93.2 Å². The van der Waals surface area contributed by atoms with Crippen molar-refractivity contribution in [1.29, 1.82) is 0 Å². The highest BCUT2D eigenvalue weighted by Gasteiger charge is 2.26. The summed E-state index contributed by atoms with van der Waals surface area (Å²) < 4.78 is 0. The Kier molecular flexibility index (Phi) is 3.05. The summed E-state index contributed by atoms with van der Waals surface area (Å²) >= 11 is 0. The van der Waals surface area contributed by atoms with E-state index in [0.29, 0.717) is 12.8 Å². The van der Waals surface area contributed by atoms with E-state index in [1.54, 1.807) is 0 Å². The van der Waals surface area contributed by atoms with Gasteiger partial charge in [0.25, 0.3) is 5.91 Å². The van der Waals surface area contributed by atoms with Gasteiger partial charge in [0, 0.05) is 6.42 Å². The first-order valence-corrected chi connectivity index (χ1v) is 5.16. The predicted octanol–water partition coefficient (Wildman–Crippen LogP) is 0.408. The second kappa shape index (κ2) is 4.65. The maximum atomic E-state index is 11.6. The molecular weight excluding hydrogens is 206 g/mol. The van der Waals surface area contributed by atoms with Crippen LogP contribution in [0, 0.1) is 0 Å². The SMILES string of the molecule is O=C1CCC(C(=O)NNc2ccccc2)N1. The number of carbonyl (C=O) groups excluding carboxylic acids is 2. The molecule has 16 heavy (non-hydrogen) atoms. The lowest BCUT2D eigenvalue weighted by molar-refractivity contribution is -0.125. The van der Waals surface area contributed by atoms with Crippen LogP contribution in [0.4, 0.5) is 5.69 Å². The molecule has 0 aliphatic carbocycles. The molecule has 5 nitrogen and oxygen atoms in total. The van der Waals surface area contributed by atoms with Gasteiger partial charge in [0.2, 0.25) is 5.91 Å². The summed E-state index contributed by atoms with van der Waals surface area (Å²) in [6, 6.07) is 8.90. The molecule has 1 heterocycles. The average molecular weight is 219 g/mol. The van der Waals surface area contributed by atoms with Gasteiger partial charge < -0.3 is 5.32 Å². The highest BCUT2D eigenvalue weighted by molar-refractivity contribution is 5.91. The highest BCUT2D eigenvalue weighted by Crippen LogP contribution is 2.07. The van der Waals surface area contributed by atoms with Crippen molar-refractivity contribution in [2.75, 3.05) is 5.43 Å². The molecule has 1 aromatic rings. The summed E-state index contributed by atoms with van der Waals surface area (Å²) in [5, 5.41) is 2.60. The molecule has 1 atom stereocenters. The van der Waals surface area contributed by atoms with Crippen molar-refractivity contribution in [1.82, 2.24) is 10.7 Å². The van der Waals surface area contributed by atoms with Crippen LogP contribution in [0.3, 0.4) is 0 Å². The van der Waals surface area contributed by atoms with Gasteiger partial charge in [-0.15, -0.1) is 0 Å². The monoisotopic (exact) mass is 219 g/mol. The first-order valence-electron chi connectivity index (χ1n) is 5.16. The van der Waals surface area contributed by atoms with E-state index in [-0.39, 0.29) is 11.8 Å². The first-order chi connectivity index (χ1) is 7.75. The fraction of sp³-hybridized carbons (Fsp3) is 0.273. The molecule has 0 bridgehead atoms. The zero-order valence-corrected chi connectivity index (χ0v) is 8.69. The minimum absolute atomic E-state index is 0.0696. The number of para-hydroxylation sites is 1. The molecule has 1 saturated heterocycles. The van der Waals surface area contributed by atoms with E-state index in [2.05, 4.69) is 16.2 Å². The first kappa shape index (κ1) is 10.5. The smallest absolute Gasteiger partial charge is 0.260 e. The van der Waals surface area contributed by atoms with E-state index in [1.165, 1.54) is 0 Å². The third-order valence-electron chi connectivity index (χ3n) is 2.42. The zero-order chi connectivity index (χ0) is 11.4. The average Bonchev–Trinajstić information content (AvgIpc) is 2.74. The van der Waals surface area contributed by atoms with E-state index in [0.717, 1.165) is 5.69 Å². The van der Waals surface area contributed by atoms with Crippen molar-refractivity contribution in [3.8, 4) is 0 Å².